The zero-order valence-corrected chi connectivity index (χ0v) is 18.9. The number of rotatable bonds is 5. The van der Waals surface area contributed by atoms with Crippen LogP contribution in [0.4, 0.5) is 5.82 Å². The van der Waals surface area contributed by atoms with Crippen molar-refractivity contribution in [2.45, 2.75) is 18.9 Å². The fraction of sp³-hybridized carbons (Fsp3) is 0.261. The molecule has 2 N–H and O–H groups in total. The molecule has 0 radical (unpaired) electrons. The number of aromatic nitrogens is 2. The number of halogens is 1. The lowest BCUT2D eigenvalue weighted by Gasteiger charge is -2.33. The van der Waals surface area contributed by atoms with E-state index in [-0.39, 0.29) is 11.8 Å². The molecule has 32 heavy (non-hydrogen) atoms. The fourth-order valence-corrected chi connectivity index (χ4v) is 4.21. The Morgan fingerprint density at radius 2 is 1.81 bits per heavy atom. The molecule has 0 aliphatic carbocycles. The van der Waals surface area contributed by atoms with Gasteiger partial charge in [0.1, 0.15) is 11.9 Å². The fourth-order valence-electron chi connectivity index (χ4n) is 4.09. The second-order valence-electron chi connectivity index (χ2n) is 7.51. The Labute approximate surface area is 190 Å². The van der Waals surface area contributed by atoms with Crippen LogP contribution in [-0.2, 0) is 11.8 Å². The molecular formula is C23H23ClN4O4. The first kappa shape index (κ1) is 21.7. The molecular weight excluding hydrogens is 432 g/mol. The summed E-state index contributed by atoms with van der Waals surface area (Å²) in [6.07, 6.45) is 0. The first-order valence-corrected chi connectivity index (χ1v) is 10.3. The predicted octanol–water partition coefficient (Wildman–Crippen LogP) is 3.28. The summed E-state index contributed by atoms with van der Waals surface area (Å²) < 4.78 is 12.5. The van der Waals surface area contributed by atoms with Crippen LogP contribution in [0.2, 0.25) is 5.02 Å². The van der Waals surface area contributed by atoms with Gasteiger partial charge in [0.05, 0.1) is 19.9 Å². The highest BCUT2D eigenvalue weighted by molar-refractivity contribution is 6.30. The van der Waals surface area contributed by atoms with Crippen LogP contribution in [0.5, 0.6) is 11.5 Å². The summed E-state index contributed by atoms with van der Waals surface area (Å²) in [5, 5.41) is 10.8. The minimum atomic E-state index is -0.869. The van der Waals surface area contributed by atoms with E-state index in [0.29, 0.717) is 27.9 Å². The van der Waals surface area contributed by atoms with Crippen LogP contribution in [0.3, 0.4) is 0 Å². The van der Waals surface area contributed by atoms with Crippen molar-refractivity contribution >= 4 is 29.2 Å². The zero-order valence-electron chi connectivity index (χ0n) is 18.1. The molecule has 1 aromatic heterocycles. The van der Waals surface area contributed by atoms with Crippen molar-refractivity contribution in [3.63, 3.8) is 0 Å². The highest BCUT2D eigenvalue weighted by Crippen LogP contribution is 2.41. The number of nitrogens with zero attached hydrogens (tertiary/aromatic N) is 2. The van der Waals surface area contributed by atoms with Crippen LogP contribution in [-0.4, -0.2) is 41.9 Å². The lowest BCUT2D eigenvalue weighted by Crippen LogP contribution is -2.50. The van der Waals surface area contributed by atoms with Crippen molar-refractivity contribution in [2.75, 3.05) is 19.5 Å². The molecule has 8 nitrogen and oxygen atoms in total. The molecule has 9 heteroatoms. The van der Waals surface area contributed by atoms with E-state index in [1.807, 2.05) is 19.1 Å². The van der Waals surface area contributed by atoms with Crippen LogP contribution in [0.25, 0.3) is 0 Å². The zero-order chi connectivity index (χ0) is 23.0. The van der Waals surface area contributed by atoms with Gasteiger partial charge in [-0.15, -0.1) is 0 Å². The lowest BCUT2D eigenvalue weighted by molar-refractivity contribution is -0.118. The van der Waals surface area contributed by atoms with Crippen LogP contribution >= 0.6 is 11.6 Å². The molecule has 2 amide bonds. The summed E-state index contributed by atoms with van der Waals surface area (Å²) in [6.45, 7) is 1.88. The molecule has 3 aromatic rings. The minimum Gasteiger partial charge on any atom is -0.493 e. The van der Waals surface area contributed by atoms with E-state index in [0.717, 1.165) is 16.8 Å². The number of hydrogen-bond donors (Lipinski definition) is 2. The molecule has 1 aliphatic rings. The third-order valence-corrected chi connectivity index (χ3v) is 5.85. The van der Waals surface area contributed by atoms with Crippen molar-refractivity contribution in [1.82, 2.24) is 15.1 Å². The van der Waals surface area contributed by atoms with Gasteiger partial charge in [0.15, 0.2) is 11.5 Å². The number of anilines is 1. The number of carbonyl (C=O) groups excluding carboxylic acids is 2. The van der Waals surface area contributed by atoms with Gasteiger partial charge >= 0.3 is 0 Å². The Morgan fingerprint density at radius 3 is 2.47 bits per heavy atom. The van der Waals surface area contributed by atoms with Crippen molar-refractivity contribution in [2.24, 2.45) is 7.05 Å². The van der Waals surface area contributed by atoms with Crippen LogP contribution in [0.15, 0.2) is 42.5 Å². The number of aryl methyl sites for hydroxylation is 2. The van der Waals surface area contributed by atoms with Crippen molar-refractivity contribution in [1.29, 1.82) is 0 Å². The average Bonchev–Trinajstić information content (AvgIpc) is 3.06. The van der Waals surface area contributed by atoms with Crippen molar-refractivity contribution in [3.05, 3.63) is 69.9 Å². The second-order valence-corrected chi connectivity index (χ2v) is 7.95. The molecule has 0 unspecified atom stereocenters. The van der Waals surface area contributed by atoms with Crippen molar-refractivity contribution < 1.29 is 19.1 Å². The Morgan fingerprint density at radius 1 is 1.12 bits per heavy atom. The van der Waals surface area contributed by atoms with E-state index in [2.05, 4.69) is 15.7 Å². The molecule has 0 spiro atoms. The number of hydrogen-bond acceptors (Lipinski definition) is 5. The summed E-state index contributed by atoms with van der Waals surface area (Å²) in [7, 11) is 4.88. The molecule has 1 aliphatic heterocycles. The van der Waals surface area contributed by atoms with Gasteiger partial charge in [-0.3, -0.25) is 14.3 Å². The van der Waals surface area contributed by atoms with Crippen molar-refractivity contribution in [3.8, 4) is 11.5 Å². The maximum absolute atomic E-state index is 13.2. The number of nitrogens with one attached hydrogen (secondary N) is 2. The molecule has 2 heterocycles. The third kappa shape index (κ3) is 3.78. The number of fused-ring (bicyclic) bond motifs is 1. The number of methoxy groups -OCH3 is 2. The van der Waals surface area contributed by atoms with E-state index in [1.54, 1.807) is 56.3 Å². The minimum absolute atomic E-state index is 0.331. The summed E-state index contributed by atoms with van der Waals surface area (Å²) in [5.74, 6) is 0.510. The number of ether oxygens (including phenoxy) is 2. The Hall–Kier alpha value is -3.52. The van der Waals surface area contributed by atoms with E-state index in [1.165, 1.54) is 0 Å². The molecule has 2 aromatic carbocycles. The van der Waals surface area contributed by atoms with Gasteiger partial charge < -0.3 is 20.1 Å². The summed E-state index contributed by atoms with van der Waals surface area (Å²) in [4.78, 5) is 26.1. The Bertz CT molecular complexity index is 1190. The summed E-state index contributed by atoms with van der Waals surface area (Å²) in [6, 6.07) is 11.1. The number of amides is 2. The predicted molar refractivity (Wildman–Crippen MR) is 121 cm³/mol. The smallest absolute Gasteiger partial charge is 0.251 e. The standard InChI is InChI=1S/C23H23ClN4O4/c1-12-18-19(14-7-10-16(31-3)17(11-14)32-4)20(23(30)26-21(18)28(2)27-12)25-22(29)13-5-8-15(24)9-6-13/h5-11,19-20H,1-4H3,(H,25,29)(H,26,30)/t19-,20+/m1/s1. The van der Waals surface area contributed by atoms with Gasteiger partial charge in [-0.05, 0) is 48.9 Å². The highest BCUT2D eigenvalue weighted by Gasteiger charge is 2.41. The van der Waals surface area contributed by atoms with E-state index in [9.17, 15) is 9.59 Å². The lowest BCUT2D eigenvalue weighted by atomic mass is 9.81. The van der Waals surface area contributed by atoms with Crippen LogP contribution in [0.1, 0.15) is 33.1 Å². The van der Waals surface area contributed by atoms with E-state index < -0.39 is 12.0 Å². The van der Waals surface area contributed by atoms with Gasteiger partial charge in [-0.1, -0.05) is 17.7 Å². The van der Waals surface area contributed by atoms with E-state index in [4.69, 9.17) is 21.1 Å². The first-order valence-electron chi connectivity index (χ1n) is 9.96. The molecule has 166 valence electrons. The van der Waals surface area contributed by atoms with Gasteiger partial charge in [-0.2, -0.15) is 5.10 Å². The topological polar surface area (TPSA) is 94.5 Å². The first-order chi connectivity index (χ1) is 15.3. The van der Waals surface area contributed by atoms with Gasteiger partial charge in [0.25, 0.3) is 5.91 Å². The van der Waals surface area contributed by atoms with Gasteiger partial charge in [0.2, 0.25) is 5.91 Å². The third-order valence-electron chi connectivity index (χ3n) is 5.60. The largest absolute Gasteiger partial charge is 0.493 e. The molecule has 0 bridgehead atoms. The molecule has 2 atom stereocenters. The number of carbonyl (C=O) groups is 2. The molecule has 0 saturated carbocycles. The maximum atomic E-state index is 13.2. The average molecular weight is 455 g/mol. The SMILES string of the molecule is COc1ccc([C@@H]2c3c(C)nn(C)c3NC(=O)[C@H]2NC(=O)c2ccc(Cl)cc2)cc1OC. The van der Waals surface area contributed by atoms with Gasteiger partial charge in [-0.25, -0.2) is 0 Å². The Balaban J connectivity index is 1.80. The Kier molecular flexibility index (Phi) is 5.80. The van der Waals surface area contributed by atoms with Gasteiger partial charge in [0, 0.05) is 29.1 Å². The normalized spacial score (nSPS) is 17.3. The monoisotopic (exact) mass is 454 g/mol. The number of benzene rings is 2. The highest BCUT2D eigenvalue weighted by atomic mass is 35.5. The maximum Gasteiger partial charge on any atom is 0.251 e. The van der Waals surface area contributed by atoms with Crippen LogP contribution in [0, 0.1) is 6.92 Å². The molecule has 4 rings (SSSR count). The van der Waals surface area contributed by atoms with E-state index >= 15 is 0 Å². The molecule has 0 fully saturated rings. The van der Waals surface area contributed by atoms with Crippen LogP contribution < -0.4 is 20.1 Å². The molecule has 0 saturated heterocycles. The summed E-state index contributed by atoms with van der Waals surface area (Å²) >= 11 is 5.94. The quantitative estimate of drug-likeness (QED) is 0.617. The second kappa shape index (κ2) is 8.55. The summed E-state index contributed by atoms with van der Waals surface area (Å²) in [5.41, 5.74) is 2.78.